The van der Waals surface area contributed by atoms with E-state index in [1.54, 1.807) is 6.92 Å². The highest BCUT2D eigenvalue weighted by Gasteiger charge is 2.34. The molecule has 0 aliphatic rings. The van der Waals surface area contributed by atoms with Crippen LogP contribution in [0, 0.1) is 5.92 Å². The Morgan fingerprint density at radius 1 is 1.50 bits per heavy atom. The van der Waals surface area contributed by atoms with Crippen LogP contribution >= 0.6 is 11.3 Å². The number of nitrogens with one attached hydrogen (secondary N) is 1. The predicted molar refractivity (Wildman–Crippen MR) is 65.1 cm³/mol. The molecule has 1 rings (SSSR count). The normalized spacial score (nSPS) is 14.7. The number of carbonyl (C=O) groups excluding carboxylic acids is 1. The average molecular weight is 310 g/mol. The zero-order valence-electron chi connectivity index (χ0n) is 10.7. The van der Waals surface area contributed by atoms with Gasteiger partial charge in [-0.25, -0.2) is 4.98 Å². The third kappa shape index (κ3) is 3.92. The van der Waals surface area contributed by atoms with Gasteiger partial charge < -0.3 is 10.4 Å². The quantitative estimate of drug-likeness (QED) is 0.819. The van der Waals surface area contributed by atoms with Gasteiger partial charge >= 0.3 is 12.1 Å². The first-order valence-electron chi connectivity index (χ1n) is 5.72. The second-order valence-corrected chi connectivity index (χ2v) is 4.99. The summed E-state index contributed by atoms with van der Waals surface area (Å²) in [7, 11) is 0. The number of carboxylic acid groups (broad SMARTS) is 1. The SMILES string of the molecule is CCC(NC(=O)C(C)C(=O)O)c1nc(C(F)(F)F)cs1. The summed E-state index contributed by atoms with van der Waals surface area (Å²) in [4.78, 5) is 25.7. The zero-order chi connectivity index (χ0) is 15.5. The van der Waals surface area contributed by atoms with Gasteiger partial charge in [0, 0.05) is 5.38 Å². The van der Waals surface area contributed by atoms with Gasteiger partial charge in [-0.2, -0.15) is 13.2 Å². The zero-order valence-corrected chi connectivity index (χ0v) is 11.5. The van der Waals surface area contributed by atoms with Gasteiger partial charge in [0.05, 0.1) is 6.04 Å². The fourth-order valence-electron chi connectivity index (χ4n) is 1.33. The van der Waals surface area contributed by atoms with Crippen LogP contribution in [-0.2, 0) is 15.8 Å². The summed E-state index contributed by atoms with van der Waals surface area (Å²) in [6.07, 6.45) is -4.23. The lowest BCUT2D eigenvalue weighted by atomic mass is 10.1. The average Bonchev–Trinajstić information content (AvgIpc) is 2.83. The summed E-state index contributed by atoms with van der Waals surface area (Å²) in [5.41, 5.74) is -1.02. The highest BCUT2D eigenvalue weighted by molar-refractivity contribution is 7.09. The van der Waals surface area contributed by atoms with Crippen molar-refractivity contribution in [2.45, 2.75) is 32.5 Å². The highest BCUT2D eigenvalue weighted by atomic mass is 32.1. The summed E-state index contributed by atoms with van der Waals surface area (Å²) in [5, 5.41) is 12.1. The number of aliphatic carboxylic acids is 1. The van der Waals surface area contributed by atoms with Gasteiger partial charge in [-0.1, -0.05) is 6.92 Å². The van der Waals surface area contributed by atoms with Crippen molar-refractivity contribution in [3.63, 3.8) is 0 Å². The van der Waals surface area contributed by atoms with Crippen molar-refractivity contribution in [3.05, 3.63) is 16.1 Å². The van der Waals surface area contributed by atoms with Crippen LogP contribution < -0.4 is 5.32 Å². The summed E-state index contributed by atoms with van der Waals surface area (Å²) < 4.78 is 37.3. The molecule has 2 atom stereocenters. The number of rotatable bonds is 5. The van der Waals surface area contributed by atoms with Crippen LogP contribution in [-0.4, -0.2) is 22.0 Å². The lowest BCUT2D eigenvalue weighted by Gasteiger charge is -2.16. The lowest BCUT2D eigenvalue weighted by molar-refractivity contribution is -0.146. The van der Waals surface area contributed by atoms with Crippen molar-refractivity contribution < 1.29 is 27.9 Å². The van der Waals surface area contributed by atoms with E-state index in [1.807, 2.05) is 0 Å². The van der Waals surface area contributed by atoms with E-state index in [1.165, 1.54) is 6.92 Å². The first kappa shape index (κ1) is 16.4. The fraction of sp³-hybridized carbons (Fsp3) is 0.545. The van der Waals surface area contributed by atoms with Gasteiger partial charge in [0.15, 0.2) is 5.69 Å². The minimum atomic E-state index is -4.54. The van der Waals surface area contributed by atoms with Crippen LogP contribution in [0.2, 0.25) is 0 Å². The van der Waals surface area contributed by atoms with Gasteiger partial charge in [-0.15, -0.1) is 11.3 Å². The first-order valence-corrected chi connectivity index (χ1v) is 6.60. The van der Waals surface area contributed by atoms with Gasteiger partial charge in [0.1, 0.15) is 10.9 Å². The van der Waals surface area contributed by atoms with E-state index in [-0.39, 0.29) is 5.01 Å². The number of amides is 1. The Morgan fingerprint density at radius 3 is 2.50 bits per heavy atom. The molecule has 0 saturated heterocycles. The number of carbonyl (C=O) groups is 2. The van der Waals surface area contributed by atoms with E-state index in [9.17, 15) is 22.8 Å². The van der Waals surface area contributed by atoms with Crippen molar-refractivity contribution in [2.75, 3.05) is 0 Å². The van der Waals surface area contributed by atoms with E-state index in [0.29, 0.717) is 6.42 Å². The minimum Gasteiger partial charge on any atom is -0.481 e. The van der Waals surface area contributed by atoms with Crippen LogP contribution in [0.3, 0.4) is 0 Å². The highest BCUT2D eigenvalue weighted by Crippen LogP contribution is 2.32. The van der Waals surface area contributed by atoms with Crippen LogP contribution in [0.5, 0.6) is 0 Å². The molecule has 1 heterocycles. The van der Waals surface area contributed by atoms with Crippen molar-refractivity contribution in [1.82, 2.24) is 10.3 Å². The van der Waals surface area contributed by atoms with Crippen LogP contribution in [0.1, 0.15) is 37.0 Å². The monoisotopic (exact) mass is 310 g/mol. The number of carboxylic acids is 1. The first-order chi connectivity index (χ1) is 9.16. The Kier molecular flexibility index (Phi) is 5.09. The topological polar surface area (TPSA) is 79.3 Å². The Bertz CT molecular complexity index is 501. The largest absolute Gasteiger partial charge is 0.481 e. The molecule has 112 valence electrons. The molecule has 20 heavy (non-hydrogen) atoms. The number of hydrogen-bond acceptors (Lipinski definition) is 4. The molecule has 9 heteroatoms. The standard InChI is InChI=1S/C11H13F3N2O3S/c1-3-6(15-8(17)5(2)10(18)19)9-16-7(4-20-9)11(12,13)14/h4-6H,3H2,1-2H3,(H,15,17)(H,18,19). The summed E-state index contributed by atoms with van der Waals surface area (Å²) >= 11 is 0.778. The summed E-state index contributed by atoms with van der Waals surface area (Å²) in [6, 6.07) is -0.731. The molecule has 1 aromatic rings. The van der Waals surface area contributed by atoms with Crippen molar-refractivity contribution in [1.29, 1.82) is 0 Å². The van der Waals surface area contributed by atoms with E-state index < -0.39 is 35.7 Å². The van der Waals surface area contributed by atoms with Gasteiger partial charge in [-0.05, 0) is 13.3 Å². The number of nitrogens with zero attached hydrogens (tertiary/aromatic N) is 1. The second kappa shape index (κ2) is 6.21. The number of hydrogen-bond donors (Lipinski definition) is 2. The Morgan fingerprint density at radius 2 is 2.10 bits per heavy atom. The van der Waals surface area contributed by atoms with Gasteiger partial charge in [0.2, 0.25) is 5.91 Å². The maximum atomic E-state index is 12.4. The van der Waals surface area contributed by atoms with Crippen LogP contribution in [0.15, 0.2) is 5.38 Å². The van der Waals surface area contributed by atoms with Crippen LogP contribution in [0.4, 0.5) is 13.2 Å². The van der Waals surface area contributed by atoms with E-state index in [2.05, 4.69) is 10.3 Å². The Balaban J connectivity index is 2.84. The molecule has 2 unspecified atom stereocenters. The molecular weight excluding hydrogens is 297 g/mol. The number of halogens is 3. The maximum absolute atomic E-state index is 12.4. The molecule has 1 amide bonds. The Labute approximate surface area is 116 Å². The third-order valence-electron chi connectivity index (χ3n) is 2.60. The van der Waals surface area contributed by atoms with E-state index in [4.69, 9.17) is 5.11 Å². The number of alkyl halides is 3. The molecule has 0 aromatic carbocycles. The molecular formula is C11H13F3N2O3S. The molecule has 1 aromatic heterocycles. The molecule has 2 N–H and O–H groups in total. The fourth-order valence-corrected chi connectivity index (χ4v) is 2.28. The summed E-state index contributed by atoms with van der Waals surface area (Å²) in [5.74, 6) is -3.33. The third-order valence-corrected chi connectivity index (χ3v) is 3.56. The molecule has 0 radical (unpaired) electrons. The minimum absolute atomic E-state index is 0.103. The predicted octanol–water partition coefficient (Wildman–Crippen LogP) is 2.45. The molecule has 0 aliphatic heterocycles. The Hall–Kier alpha value is -1.64. The lowest BCUT2D eigenvalue weighted by Crippen LogP contribution is -2.36. The van der Waals surface area contributed by atoms with Gasteiger partial charge in [0.25, 0.3) is 0 Å². The molecule has 0 spiro atoms. The molecule has 0 fully saturated rings. The van der Waals surface area contributed by atoms with Crippen molar-refractivity contribution in [3.8, 4) is 0 Å². The van der Waals surface area contributed by atoms with Crippen LogP contribution in [0.25, 0.3) is 0 Å². The van der Waals surface area contributed by atoms with Crippen molar-refractivity contribution in [2.24, 2.45) is 5.92 Å². The van der Waals surface area contributed by atoms with E-state index >= 15 is 0 Å². The molecule has 5 nitrogen and oxygen atoms in total. The summed E-state index contributed by atoms with van der Waals surface area (Å²) in [6.45, 7) is 2.86. The molecule has 0 saturated carbocycles. The van der Waals surface area contributed by atoms with E-state index in [0.717, 1.165) is 16.7 Å². The van der Waals surface area contributed by atoms with Crippen molar-refractivity contribution >= 4 is 23.2 Å². The maximum Gasteiger partial charge on any atom is 0.434 e. The smallest absolute Gasteiger partial charge is 0.434 e. The molecule has 0 aliphatic carbocycles. The number of thiazole rings is 1. The van der Waals surface area contributed by atoms with Gasteiger partial charge in [-0.3, -0.25) is 9.59 Å². The molecule has 0 bridgehead atoms. The number of aromatic nitrogens is 1. The second-order valence-electron chi connectivity index (χ2n) is 4.10.